The van der Waals surface area contributed by atoms with Crippen molar-refractivity contribution in [2.24, 2.45) is 0 Å². The first-order chi connectivity index (χ1) is 7.04. The van der Waals surface area contributed by atoms with Gasteiger partial charge in [0.2, 0.25) is 0 Å². The third-order valence-corrected chi connectivity index (χ3v) is 3.02. The van der Waals surface area contributed by atoms with Gasteiger partial charge in [0.05, 0.1) is 0 Å². The van der Waals surface area contributed by atoms with Crippen molar-refractivity contribution < 1.29 is 8.42 Å². The number of pyridine rings is 1. The molecule has 6 heteroatoms. The zero-order valence-corrected chi connectivity index (χ0v) is 10.2. The average molecular weight is 246 g/mol. The van der Waals surface area contributed by atoms with E-state index in [1.807, 2.05) is 0 Å². The zero-order valence-electron chi connectivity index (χ0n) is 8.47. The Labute approximate surface area is 95.4 Å². The molecule has 0 aliphatic heterocycles. The van der Waals surface area contributed by atoms with Crippen LogP contribution in [0, 0.1) is 0 Å². The van der Waals surface area contributed by atoms with Gasteiger partial charge in [0, 0.05) is 31.3 Å². The van der Waals surface area contributed by atoms with Gasteiger partial charge in [-0.2, -0.15) is 12.6 Å². The Balaban J connectivity index is 2.65. The molecule has 0 radical (unpaired) electrons. The van der Waals surface area contributed by atoms with E-state index in [9.17, 15) is 8.42 Å². The van der Waals surface area contributed by atoms with Crippen LogP contribution in [0.3, 0.4) is 0 Å². The molecule has 1 N–H and O–H groups in total. The van der Waals surface area contributed by atoms with Crippen molar-refractivity contribution in [2.75, 3.05) is 18.6 Å². The lowest BCUT2D eigenvalue weighted by Gasteiger charge is -2.03. The van der Waals surface area contributed by atoms with Crippen LogP contribution in [0.4, 0.5) is 0 Å². The Morgan fingerprint density at radius 2 is 2.20 bits per heavy atom. The van der Waals surface area contributed by atoms with Crippen molar-refractivity contribution in [2.45, 2.75) is 11.6 Å². The molecule has 0 aliphatic rings. The Kier molecular flexibility index (Phi) is 4.56. The van der Waals surface area contributed by atoms with E-state index in [0.717, 1.165) is 24.1 Å². The monoisotopic (exact) mass is 246 g/mol. The van der Waals surface area contributed by atoms with Gasteiger partial charge in [-0.25, -0.2) is 13.4 Å². The molecule has 1 heterocycles. The molecule has 0 saturated heterocycles. The van der Waals surface area contributed by atoms with Crippen LogP contribution >= 0.6 is 12.6 Å². The molecular formula is C9H14N2O2S2. The van der Waals surface area contributed by atoms with Crippen LogP contribution in [0.15, 0.2) is 23.4 Å². The predicted octanol–water partition coefficient (Wildman–Crippen LogP) is 0.504. The molecule has 0 spiro atoms. The van der Waals surface area contributed by atoms with Crippen LogP contribution in [0.25, 0.3) is 0 Å². The van der Waals surface area contributed by atoms with Crippen LogP contribution < -0.4 is 5.32 Å². The van der Waals surface area contributed by atoms with Gasteiger partial charge in [0.1, 0.15) is 0 Å². The third-order valence-electron chi connectivity index (χ3n) is 1.80. The van der Waals surface area contributed by atoms with Crippen LogP contribution in [0.1, 0.15) is 5.56 Å². The number of aromatic nitrogens is 1. The summed E-state index contributed by atoms with van der Waals surface area (Å²) >= 11 is 4.06. The minimum Gasteiger partial charge on any atom is -0.312 e. The number of sulfone groups is 1. The van der Waals surface area contributed by atoms with Crippen molar-refractivity contribution in [1.82, 2.24) is 10.3 Å². The highest BCUT2D eigenvalue weighted by Gasteiger charge is 2.07. The number of hydrogen-bond acceptors (Lipinski definition) is 5. The van der Waals surface area contributed by atoms with Gasteiger partial charge >= 0.3 is 0 Å². The second kappa shape index (κ2) is 5.48. The maximum Gasteiger partial charge on any atom is 0.192 e. The van der Waals surface area contributed by atoms with Gasteiger partial charge in [-0.15, -0.1) is 0 Å². The summed E-state index contributed by atoms with van der Waals surface area (Å²) in [6, 6.07) is 3.28. The van der Waals surface area contributed by atoms with E-state index in [1.54, 1.807) is 12.3 Å². The maximum atomic E-state index is 11.1. The molecule has 0 aromatic carbocycles. The molecule has 84 valence electrons. The van der Waals surface area contributed by atoms with Gasteiger partial charge in [-0.05, 0) is 11.6 Å². The molecule has 0 bridgehead atoms. The smallest absolute Gasteiger partial charge is 0.192 e. The van der Waals surface area contributed by atoms with Crippen molar-refractivity contribution in [1.29, 1.82) is 0 Å². The van der Waals surface area contributed by atoms with Crippen LogP contribution in [0.5, 0.6) is 0 Å². The van der Waals surface area contributed by atoms with Crippen LogP contribution in [-0.2, 0) is 16.4 Å². The molecule has 1 aromatic heterocycles. The zero-order chi connectivity index (χ0) is 11.3. The summed E-state index contributed by atoms with van der Waals surface area (Å²) in [6.45, 7) is 1.49. The molecular weight excluding hydrogens is 232 g/mol. The highest BCUT2D eigenvalue weighted by Crippen LogP contribution is 2.05. The maximum absolute atomic E-state index is 11.1. The summed E-state index contributed by atoms with van der Waals surface area (Å²) in [7, 11) is -3.19. The topological polar surface area (TPSA) is 59.1 Å². The Morgan fingerprint density at radius 3 is 2.67 bits per heavy atom. The average Bonchev–Trinajstić information content (AvgIpc) is 2.18. The number of thiol groups is 1. The normalized spacial score (nSPS) is 11.6. The third kappa shape index (κ3) is 4.19. The molecule has 1 aromatic rings. The number of hydrogen-bond donors (Lipinski definition) is 2. The summed E-state index contributed by atoms with van der Waals surface area (Å²) in [6.07, 6.45) is 2.72. The van der Waals surface area contributed by atoms with E-state index < -0.39 is 9.84 Å². The Hall–Kier alpha value is -0.590. The molecule has 0 saturated carbocycles. The van der Waals surface area contributed by atoms with Crippen molar-refractivity contribution in [3.8, 4) is 0 Å². The summed E-state index contributed by atoms with van der Waals surface area (Å²) in [5, 5.41) is 3.26. The second-order valence-corrected chi connectivity index (χ2v) is 5.59. The Morgan fingerprint density at radius 1 is 1.47 bits per heavy atom. The first-order valence-electron chi connectivity index (χ1n) is 4.50. The summed E-state index contributed by atoms with van der Waals surface area (Å²) in [5.41, 5.74) is 0.962. The van der Waals surface area contributed by atoms with Gasteiger partial charge < -0.3 is 5.32 Å². The number of nitrogens with one attached hydrogen (secondary N) is 1. The van der Waals surface area contributed by atoms with Gasteiger partial charge in [0.15, 0.2) is 14.9 Å². The van der Waals surface area contributed by atoms with Gasteiger partial charge in [-0.3, -0.25) is 0 Å². The molecule has 4 nitrogen and oxygen atoms in total. The van der Waals surface area contributed by atoms with Crippen LogP contribution in [0.2, 0.25) is 0 Å². The Bertz CT molecular complexity index is 401. The largest absolute Gasteiger partial charge is 0.312 e. The lowest BCUT2D eigenvalue weighted by atomic mass is 10.3. The molecule has 0 unspecified atom stereocenters. The molecule has 0 amide bonds. The molecule has 0 atom stereocenters. The van der Waals surface area contributed by atoms with E-state index in [-0.39, 0.29) is 5.03 Å². The summed E-state index contributed by atoms with van der Waals surface area (Å²) < 4.78 is 22.2. The second-order valence-electron chi connectivity index (χ2n) is 3.18. The standard InChI is InChI=1S/C9H14N2O2S2/c1-15(12,13)9-3-2-8(7-11-9)6-10-4-5-14/h2-3,7,10,14H,4-6H2,1H3. The van der Waals surface area contributed by atoms with Crippen molar-refractivity contribution >= 4 is 22.5 Å². The molecule has 0 fully saturated rings. The summed E-state index contributed by atoms with van der Waals surface area (Å²) in [4.78, 5) is 3.88. The highest BCUT2D eigenvalue weighted by atomic mass is 32.2. The van der Waals surface area contributed by atoms with Crippen molar-refractivity contribution in [3.05, 3.63) is 23.9 Å². The predicted molar refractivity (Wildman–Crippen MR) is 62.9 cm³/mol. The molecule has 0 aliphatic carbocycles. The van der Waals surface area contributed by atoms with E-state index in [2.05, 4.69) is 22.9 Å². The van der Waals surface area contributed by atoms with Gasteiger partial charge in [0.25, 0.3) is 0 Å². The molecule has 1 rings (SSSR count). The van der Waals surface area contributed by atoms with E-state index in [1.165, 1.54) is 6.07 Å². The fourth-order valence-corrected chi connectivity index (χ4v) is 1.76. The summed E-state index contributed by atoms with van der Waals surface area (Å²) in [5.74, 6) is 0.773. The minimum absolute atomic E-state index is 0.112. The van der Waals surface area contributed by atoms with Crippen molar-refractivity contribution in [3.63, 3.8) is 0 Å². The minimum atomic E-state index is -3.19. The van der Waals surface area contributed by atoms with E-state index in [0.29, 0.717) is 6.54 Å². The first kappa shape index (κ1) is 12.5. The molecule has 15 heavy (non-hydrogen) atoms. The van der Waals surface area contributed by atoms with Crippen LogP contribution in [-0.4, -0.2) is 32.0 Å². The quantitative estimate of drug-likeness (QED) is 0.587. The fraction of sp³-hybridized carbons (Fsp3) is 0.444. The van der Waals surface area contributed by atoms with Gasteiger partial charge in [-0.1, -0.05) is 6.07 Å². The van der Waals surface area contributed by atoms with E-state index in [4.69, 9.17) is 0 Å². The lowest BCUT2D eigenvalue weighted by Crippen LogP contribution is -2.16. The number of nitrogens with zero attached hydrogens (tertiary/aromatic N) is 1. The fourth-order valence-electron chi connectivity index (χ4n) is 1.05. The van der Waals surface area contributed by atoms with E-state index >= 15 is 0 Å². The number of rotatable bonds is 5. The highest BCUT2D eigenvalue weighted by molar-refractivity contribution is 7.90. The first-order valence-corrected chi connectivity index (χ1v) is 7.03. The lowest BCUT2D eigenvalue weighted by molar-refractivity contribution is 0.598. The SMILES string of the molecule is CS(=O)(=O)c1ccc(CNCCS)cn1.